The van der Waals surface area contributed by atoms with Crippen molar-refractivity contribution in [2.75, 3.05) is 31.5 Å². The molecule has 1 atom stereocenters. The van der Waals surface area contributed by atoms with Gasteiger partial charge >= 0.3 is 0 Å². The van der Waals surface area contributed by atoms with E-state index in [1.165, 1.54) is 18.2 Å². The van der Waals surface area contributed by atoms with Crippen molar-refractivity contribution in [2.24, 2.45) is 0 Å². The molecule has 2 aromatic carbocycles. The lowest BCUT2D eigenvalue weighted by Gasteiger charge is -2.36. The molecule has 0 bridgehead atoms. The molecule has 1 fully saturated rings. The first-order valence-corrected chi connectivity index (χ1v) is 7.98. The number of hydrogen-bond acceptors (Lipinski definition) is 3. The number of benzene rings is 2. The normalized spacial score (nSPS) is 17.4. The van der Waals surface area contributed by atoms with Gasteiger partial charge in [-0.1, -0.05) is 12.1 Å². The lowest BCUT2D eigenvalue weighted by Crippen LogP contribution is -2.48. The van der Waals surface area contributed by atoms with Gasteiger partial charge in [0.25, 0.3) is 0 Å². The molecule has 1 heterocycles. The second-order valence-corrected chi connectivity index (χ2v) is 5.92. The van der Waals surface area contributed by atoms with Gasteiger partial charge in [0.2, 0.25) is 5.91 Å². The van der Waals surface area contributed by atoms with Crippen molar-refractivity contribution >= 4 is 24.0 Å². The molecule has 1 aliphatic rings. The Bertz CT molecular complexity index is 775. The Morgan fingerprint density at radius 3 is 2.69 bits per heavy atom. The van der Waals surface area contributed by atoms with Crippen LogP contribution in [0.2, 0.25) is 0 Å². The maximum absolute atomic E-state index is 13.5. The summed E-state index contributed by atoms with van der Waals surface area (Å²) in [6, 6.07) is 9.36. The number of carbonyl (C=O) groups is 1. The lowest BCUT2D eigenvalue weighted by atomic mass is 10.0. The highest BCUT2D eigenvalue weighted by Gasteiger charge is 2.25. The lowest BCUT2D eigenvalue weighted by molar-refractivity contribution is -0.118. The summed E-state index contributed by atoms with van der Waals surface area (Å²) in [4.78, 5) is 14.2. The zero-order chi connectivity index (χ0) is 17.8. The monoisotopic (exact) mass is 385 g/mol. The first-order chi connectivity index (χ1) is 12.0. The Kier molecular flexibility index (Phi) is 7.02. The summed E-state index contributed by atoms with van der Waals surface area (Å²) >= 11 is 0. The molecule has 0 spiro atoms. The molecule has 0 aliphatic carbocycles. The first kappa shape index (κ1) is 20.2. The van der Waals surface area contributed by atoms with E-state index in [0.717, 1.165) is 17.7 Å². The largest absolute Gasteiger partial charge is 0.325 e. The number of carbonyl (C=O) groups excluding carboxylic acids is 1. The van der Waals surface area contributed by atoms with Gasteiger partial charge in [-0.05, 0) is 29.8 Å². The second kappa shape index (κ2) is 9.02. The number of hydrogen-bond donors (Lipinski definition) is 2. The molecule has 1 amide bonds. The predicted molar refractivity (Wildman–Crippen MR) is 95.8 cm³/mol. The van der Waals surface area contributed by atoms with Crippen molar-refractivity contribution < 1.29 is 18.0 Å². The second-order valence-electron chi connectivity index (χ2n) is 5.92. The number of nitrogens with one attached hydrogen (secondary N) is 2. The van der Waals surface area contributed by atoms with Crippen LogP contribution in [-0.2, 0) is 4.79 Å². The summed E-state index contributed by atoms with van der Waals surface area (Å²) in [5.41, 5.74) is 0.981. The highest BCUT2D eigenvalue weighted by molar-refractivity contribution is 5.92. The third-order valence-corrected chi connectivity index (χ3v) is 4.14. The number of rotatable bonds is 4. The standard InChI is InChI=1S/C18H18F3N3O.ClH/c19-13-3-1-2-12(8-13)17-10-22-6-7-24(17)11-18(25)23-14-4-5-15(20)16(21)9-14;/h1-5,8-9,17,22H,6-7,10-11H2,(H,23,25);1H. The summed E-state index contributed by atoms with van der Waals surface area (Å²) in [5, 5.41) is 5.79. The minimum absolute atomic E-state index is 0. The fourth-order valence-corrected chi connectivity index (χ4v) is 2.94. The van der Waals surface area contributed by atoms with Gasteiger partial charge in [-0.25, -0.2) is 13.2 Å². The molecular weight excluding hydrogens is 367 g/mol. The van der Waals surface area contributed by atoms with Crippen LogP contribution in [0.5, 0.6) is 0 Å². The zero-order valence-electron chi connectivity index (χ0n) is 13.8. The maximum atomic E-state index is 13.5. The van der Waals surface area contributed by atoms with Gasteiger partial charge in [0.05, 0.1) is 6.54 Å². The van der Waals surface area contributed by atoms with Crippen molar-refractivity contribution in [1.29, 1.82) is 0 Å². The average Bonchev–Trinajstić information content (AvgIpc) is 2.58. The van der Waals surface area contributed by atoms with Gasteiger partial charge < -0.3 is 10.6 Å². The smallest absolute Gasteiger partial charge is 0.238 e. The molecule has 1 saturated heterocycles. The number of halogens is 4. The van der Waals surface area contributed by atoms with Crippen molar-refractivity contribution in [3.63, 3.8) is 0 Å². The average molecular weight is 386 g/mol. The summed E-state index contributed by atoms with van der Waals surface area (Å²) < 4.78 is 39.7. The predicted octanol–water partition coefficient (Wildman–Crippen LogP) is 3.11. The van der Waals surface area contributed by atoms with Crippen LogP contribution in [0.1, 0.15) is 11.6 Å². The fourth-order valence-electron chi connectivity index (χ4n) is 2.94. The van der Waals surface area contributed by atoms with Crippen LogP contribution in [0.4, 0.5) is 18.9 Å². The quantitative estimate of drug-likeness (QED) is 0.850. The molecule has 1 unspecified atom stereocenters. The van der Waals surface area contributed by atoms with Crippen LogP contribution in [0.15, 0.2) is 42.5 Å². The van der Waals surface area contributed by atoms with Gasteiger partial charge in [0.15, 0.2) is 11.6 Å². The number of amides is 1. The van der Waals surface area contributed by atoms with Crippen LogP contribution in [0, 0.1) is 17.5 Å². The van der Waals surface area contributed by atoms with E-state index in [0.29, 0.717) is 19.6 Å². The minimum atomic E-state index is -1.02. The molecule has 140 valence electrons. The van der Waals surface area contributed by atoms with E-state index < -0.39 is 11.6 Å². The Balaban J connectivity index is 0.00000243. The Labute approximate surface area is 155 Å². The summed E-state index contributed by atoms with van der Waals surface area (Å²) in [6.07, 6.45) is 0. The van der Waals surface area contributed by atoms with Crippen molar-refractivity contribution in [3.8, 4) is 0 Å². The highest BCUT2D eigenvalue weighted by atomic mass is 35.5. The molecule has 8 heteroatoms. The number of nitrogens with zero attached hydrogens (tertiary/aromatic N) is 1. The van der Waals surface area contributed by atoms with Gasteiger partial charge in [-0.3, -0.25) is 9.69 Å². The Morgan fingerprint density at radius 1 is 1.15 bits per heavy atom. The molecule has 0 radical (unpaired) electrons. The van der Waals surface area contributed by atoms with Gasteiger partial charge in [0, 0.05) is 37.4 Å². The molecule has 2 aromatic rings. The van der Waals surface area contributed by atoms with E-state index in [1.807, 2.05) is 11.0 Å². The number of piperazine rings is 1. The molecule has 0 aromatic heterocycles. The van der Waals surface area contributed by atoms with E-state index in [9.17, 15) is 18.0 Å². The molecule has 2 N–H and O–H groups in total. The minimum Gasteiger partial charge on any atom is -0.325 e. The first-order valence-electron chi connectivity index (χ1n) is 7.98. The molecule has 4 nitrogen and oxygen atoms in total. The van der Waals surface area contributed by atoms with Gasteiger partial charge in [-0.15, -0.1) is 12.4 Å². The number of anilines is 1. The van der Waals surface area contributed by atoms with E-state index in [1.54, 1.807) is 6.07 Å². The topological polar surface area (TPSA) is 44.4 Å². The molecule has 0 saturated carbocycles. The summed E-state index contributed by atoms with van der Waals surface area (Å²) in [7, 11) is 0. The molecule has 26 heavy (non-hydrogen) atoms. The molecule has 1 aliphatic heterocycles. The summed E-state index contributed by atoms with van der Waals surface area (Å²) in [6.45, 7) is 2.00. The Hall–Kier alpha value is -2.09. The summed E-state index contributed by atoms with van der Waals surface area (Å²) in [5.74, 6) is -2.65. The van der Waals surface area contributed by atoms with Crippen molar-refractivity contribution in [3.05, 3.63) is 65.5 Å². The molecular formula is C18H19ClF3N3O. The van der Waals surface area contributed by atoms with Crippen LogP contribution in [-0.4, -0.2) is 37.0 Å². The van der Waals surface area contributed by atoms with Gasteiger partial charge in [-0.2, -0.15) is 0 Å². The highest BCUT2D eigenvalue weighted by Crippen LogP contribution is 2.23. The van der Waals surface area contributed by atoms with Crippen LogP contribution >= 0.6 is 12.4 Å². The van der Waals surface area contributed by atoms with Crippen LogP contribution in [0.3, 0.4) is 0 Å². The van der Waals surface area contributed by atoms with E-state index in [4.69, 9.17) is 0 Å². The zero-order valence-corrected chi connectivity index (χ0v) is 14.7. The van der Waals surface area contributed by atoms with Gasteiger partial charge in [0.1, 0.15) is 5.82 Å². The van der Waals surface area contributed by atoms with Crippen LogP contribution < -0.4 is 10.6 Å². The fraction of sp³-hybridized carbons (Fsp3) is 0.278. The molecule has 3 rings (SSSR count). The van der Waals surface area contributed by atoms with Crippen LogP contribution in [0.25, 0.3) is 0 Å². The third kappa shape index (κ3) is 4.97. The van der Waals surface area contributed by atoms with E-state index in [-0.39, 0.29) is 42.4 Å². The SMILES string of the molecule is Cl.O=C(CN1CCNCC1c1cccc(F)c1)Nc1ccc(F)c(F)c1. The third-order valence-electron chi connectivity index (χ3n) is 4.14. The van der Waals surface area contributed by atoms with E-state index >= 15 is 0 Å². The maximum Gasteiger partial charge on any atom is 0.238 e. The van der Waals surface area contributed by atoms with E-state index in [2.05, 4.69) is 10.6 Å². The van der Waals surface area contributed by atoms with Crippen molar-refractivity contribution in [2.45, 2.75) is 6.04 Å². The van der Waals surface area contributed by atoms with Crippen molar-refractivity contribution in [1.82, 2.24) is 10.2 Å². The Morgan fingerprint density at radius 2 is 1.96 bits per heavy atom.